The number of fused-ring (bicyclic) bond motifs is 1. The fourth-order valence-corrected chi connectivity index (χ4v) is 5.04. The van der Waals surface area contributed by atoms with Gasteiger partial charge in [0.1, 0.15) is 6.10 Å². The highest BCUT2D eigenvalue weighted by molar-refractivity contribution is 5.12. The van der Waals surface area contributed by atoms with Crippen LogP contribution in [0.25, 0.3) is 0 Å². The summed E-state index contributed by atoms with van der Waals surface area (Å²) in [5.74, 6) is 1.24. The predicted octanol–water partition coefficient (Wildman–Crippen LogP) is 2.38. The first-order chi connectivity index (χ1) is 11.1. The molecule has 0 aromatic carbocycles. The number of rotatable bonds is 5. The zero-order valence-electron chi connectivity index (χ0n) is 14.5. The van der Waals surface area contributed by atoms with Crippen LogP contribution >= 0.6 is 0 Å². The lowest BCUT2D eigenvalue weighted by molar-refractivity contribution is -0.113. The van der Waals surface area contributed by atoms with Gasteiger partial charge in [0.15, 0.2) is 0 Å². The zero-order chi connectivity index (χ0) is 16.0. The molecular weight excluding hydrogens is 290 g/mol. The average Bonchev–Trinajstić information content (AvgIpc) is 3.26. The average molecular weight is 319 g/mol. The summed E-state index contributed by atoms with van der Waals surface area (Å²) in [5, 5.41) is 8.27. The fraction of sp³-hybridized carbons (Fsp3) is 0.833. The van der Waals surface area contributed by atoms with Crippen molar-refractivity contribution in [3.05, 3.63) is 18.0 Å². The molecule has 1 aromatic heterocycles. The molecule has 5 heteroatoms. The Hall–Kier alpha value is -0.910. The Labute approximate surface area is 138 Å². The van der Waals surface area contributed by atoms with Gasteiger partial charge < -0.3 is 14.8 Å². The molecule has 0 bridgehead atoms. The molecule has 3 aliphatic rings. The second-order valence-electron chi connectivity index (χ2n) is 7.86. The topological polar surface area (TPSA) is 48.3 Å². The van der Waals surface area contributed by atoms with Crippen LogP contribution in [0.1, 0.15) is 45.4 Å². The van der Waals surface area contributed by atoms with E-state index in [9.17, 15) is 0 Å². The van der Waals surface area contributed by atoms with E-state index < -0.39 is 0 Å². The van der Waals surface area contributed by atoms with Crippen molar-refractivity contribution in [2.75, 3.05) is 19.8 Å². The van der Waals surface area contributed by atoms with Gasteiger partial charge in [0.2, 0.25) is 0 Å². The predicted molar refractivity (Wildman–Crippen MR) is 88.1 cm³/mol. The first-order valence-corrected chi connectivity index (χ1v) is 9.11. The minimum atomic E-state index is 0.184. The zero-order valence-corrected chi connectivity index (χ0v) is 14.5. The molecule has 128 valence electrons. The van der Waals surface area contributed by atoms with Crippen LogP contribution in [0.15, 0.2) is 12.3 Å². The Morgan fingerprint density at radius 2 is 2.13 bits per heavy atom. The standard InChI is InChI=1S/C18H29N3O2/c1-4-21-14(5-8-20-21)15-12(6-9-22-15)11-19-16-13-7-10-23-17(13)18(16,2)3/h5,8,12-13,15-17,19H,4,6-7,9-11H2,1-3H3/t12-,13-,15+,16+,17+/m0/s1. The summed E-state index contributed by atoms with van der Waals surface area (Å²) in [5.41, 5.74) is 1.48. The quantitative estimate of drug-likeness (QED) is 0.905. The first-order valence-electron chi connectivity index (χ1n) is 9.11. The molecule has 5 atom stereocenters. The van der Waals surface area contributed by atoms with Gasteiger partial charge in [-0.25, -0.2) is 0 Å². The molecule has 0 unspecified atom stereocenters. The van der Waals surface area contributed by atoms with Gasteiger partial charge in [0.25, 0.3) is 0 Å². The number of aromatic nitrogens is 2. The molecule has 3 fully saturated rings. The molecule has 1 saturated carbocycles. The molecular formula is C18H29N3O2. The molecule has 2 saturated heterocycles. The summed E-state index contributed by atoms with van der Waals surface area (Å²) in [6.45, 7) is 10.5. The molecule has 0 spiro atoms. The van der Waals surface area contributed by atoms with Gasteiger partial charge in [-0.1, -0.05) is 13.8 Å². The Kier molecular flexibility index (Phi) is 3.98. The number of nitrogens with one attached hydrogen (secondary N) is 1. The minimum Gasteiger partial charge on any atom is -0.377 e. The molecule has 1 N–H and O–H groups in total. The SMILES string of the molecule is CCn1nccc1[C@@H]1OCC[C@H]1CN[C@@H]1[C@@H]2CCO[C@H]2C1(C)C. The van der Waals surface area contributed by atoms with Crippen molar-refractivity contribution in [2.24, 2.45) is 17.3 Å². The van der Waals surface area contributed by atoms with Crippen molar-refractivity contribution < 1.29 is 9.47 Å². The highest BCUT2D eigenvalue weighted by Gasteiger charge is 2.59. The summed E-state index contributed by atoms with van der Waals surface area (Å²) >= 11 is 0. The largest absolute Gasteiger partial charge is 0.377 e. The van der Waals surface area contributed by atoms with E-state index in [1.54, 1.807) is 0 Å². The third-order valence-electron chi connectivity index (χ3n) is 6.26. The van der Waals surface area contributed by atoms with Crippen LogP contribution in [-0.4, -0.2) is 41.7 Å². The van der Waals surface area contributed by atoms with E-state index in [1.807, 2.05) is 6.20 Å². The molecule has 2 aliphatic heterocycles. The summed E-state index contributed by atoms with van der Waals surface area (Å²) in [6, 6.07) is 2.69. The summed E-state index contributed by atoms with van der Waals surface area (Å²) in [6.07, 6.45) is 4.87. The van der Waals surface area contributed by atoms with E-state index in [2.05, 4.69) is 41.9 Å². The van der Waals surface area contributed by atoms with Gasteiger partial charge in [-0.05, 0) is 25.8 Å². The maximum absolute atomic E-state index is 6.05. The van der Waals surface area contributed by atoms with E-state index >= 15 is 0 Å². The summed E-state index contributed by atoms with van der Waals surface area (Å²) in [4.78, 5) is 0. The van der Waals surface area contributed by atoms with Crippen LogP contribution in [0.4, 0.5) is 0 Å². The molecule has 3 heterocycles. The molecule has 4 rings (SSSR count). The van der Waals surface area contributed by atoms with Gasteiger partial charge >= 0.3 is 0 Å². The third kappa shape index (κ3) is 2.44. The van der Waals surface area contributed by atoms with Gasteiger partial charge in [-0.2, -0.15) is 5.10 Å². The molecule has 1 aromatic rings. The van der Waals surface area contributed by atoms with E-state index in [-0.39, 0.29) is 11.5 Å². The maximum atomic E-state index is 6.05. The first kappa shape index (κ1) is 15.6. The Morgan fingerprint density at radius 1 is 1.30 bits per heavy atom. The van der Waals surface area contributed by atoms with Crippen molar-refractivity contribution >= 4 is 0 Å². The number of nitrogens with zero attached hydrogens (tertiary/aromatic N) is 2. The van der Waals surface area contributed by atoms with Gasteiger partial charge in [-0.3, -0.25) is 4.68 Å². The van der Waals surface area contributed by atoms with Crippen molar-refractivity contribution in [1.82, 2.24) is 15.1 Å². The second-order valence-corrected chi connectivity index (χ2v) is 7.86. The molecule has 1 aliphatic carbocycles. The number of aryl methyl sites for hydroxylation is 1. The minimum absolute atomic E-state index is 0.184. The van der Waals surface area contributed by atoms with Crippen LogP contribution in [-0.2, 0) is 16.0 Å². The van der Waals surface area contributed by atoms with Crippen LogP contribution < -0.4 is 5.32 Å². The molecule has 0 radical (unpaired) electrons. The fourth-order valence-electron chi connectivity index (χ4n) is 5.04. The van der Waals surface area contributed by atoms with Crippen LogP contribution in [0.5, 0.6) is 0 Å². The smallest absolute Gasteiger partial charge is 0.103 e. The van der Waals surface area contributed by atoms with Gasteiger partial charge in [-0.15, -0.1) is 0 Å². The van der Waals surface area contributed by atoms with Crippen molar-refractivity contribution in [2.45, 2.75) is 58.4 Å². The van der Waals surface area contributed by atoms with E-state index in [4.69, 9.17) is 9.47 Å². The Morgan fingerprint density at radius 3 is 2.96 bits per heavy atom. The highest BCUT2D eigenvalue weighted by atomic mass is 16.5. The third-order valence-corrected chi connectivity index (χ3v) is 6.26. The summed E-state index contributed by atoms with van der Waals surface area (Å²) < 4.78 is 14.0. The highest BCUT2D eigenvalue weighted by Crippen LogP contribution is 2.52. The van der Waals surface area contributed by atoms with Crippen LogP contribution in [0.2, 0.25) is 0 Å². The molecule has 5 nitrogen and oxygen atoms in total. The lowest BCUT2D eigenvalue weighted by Crippen LogP contribution is -2.66. The number of hydrogen-bond acceptors (Lipinski definition) is 4. The van der Waals surface area contributed by atoms with E-state index in [0.29, 0.717) is 24.0 Å². The van der Waals surface area contributed by atoms with Crippen molar-refractivity contribution in [3.63, 3.8) is 0 Å². The van der Waals surface area contributed by atoms with Crippen molar-refractivity contribution in [3.8, 4) is 0 Å². The molecule has 0 amide bonds. The van der Waals surface area contributed by atoms with Gasteiger partial charge in [0, 0.05) is 55.8 Å². The van der Waals surface area contributed by atoms with E-state index in [1.165, 1.54) is 12.1 Å². The van der Waals surface area contributed by atoms with Crippen molar-refractivity contribution in [1.29, 1.82) is 0 Å². The molecule has 23 heavy (non-hydrogen) atoms. The number of ether oxygens (including phenoxy) is 2. The maximum Gasteiger partial charge on any atom is 0.103 e. The Bertz CT molecular complexity index is 556. The second kappa shape index (κ2) is 5.87. The monoisotopic (exact) mass is 319 g/mol. The normalized spacial score (nSPS) is 38.5. The lowest BCUT2D eigenvalue weighted by atomic mass is 9.57. The number of hydrogen-bond donors (Lipinski definition) is 1. The van der Waals surface area contributed by atoms with Crippen LogP contribution in [0, 0.1) is 17.3 Å². The van der Waals surface area contributed by atoms with Crippen LogP contribution in [0.3, 0.4) is 0 Å². The van der Waals surface area contributed by atoms with Gasteiger partial charge in [0.05, 0.1) is 11.8 Å². The summed E-state index contributed by atoms with van der Waals surface area (Å²) in [7, 11) is 0. The Balaban J connectivity index is 1.41. The lowest BCUT2D eigenvalue weighted by Gasteiger charge is -2.55. The van der Waals surface area contributed by atoms with E-state index in [0.717, 1.165) is 32.7 Å².